The monoisotopic (exact) mass is 222 g/mol. The molecule has 0 saturated carbocycles. The number of aliphatic carboxylic acids is 1. The molecule has 1 unspecified atom stereocenters. The summed E-state index contributed by atoms with van der Waals surface area (Å²) in [6.07, 6.45) is -0.0719. The van der Waals surface area contributed by atoms with Crippen LogP contribution in [-0.4, -0.2) is 28.1 Å². The lowest BCUT2D eigenvalue weighted by molar-refractivity contribution is -0.131. The van der Waals surface area contributed by atoms with Crippen molar-refractivity contribution >= 4 is 11.8 Å². The molecule has 16 heavy (non-hydrogen) atoms. The van der Waals surface area contributed by atoms with E-state index in [1.165, 1.54) is 6.92 Å². The fourth-order valence-electron chi connectivity index (χ4n) is 0.844. The fourth-order valence-corrected chi connectivity index (χ4v) is 0.844. The molecule has 0 aliphatic carbocycles. The zero-order valence-electron chi connectivity index (χ0n) is 8.96. The molecule has 4 heteroatoms. The summed E-state index contributed by atoms with van der Waals surface area (Å²) in [6.45, 7) is 4.43. The lowest BCUT2D eigenvalue weighted by Crippen LogP contribution is -2.15. The van der Waals surface area contributed by atoms with E-state index in [0.29, 0.717) is 5.56 Å². The molecule has 0 radical (unpaired) electrons. The van der Waals surface area contributed by atoms with Crippen LogP contribution in [0.4, 0.5) is 0 Å². The minimum atomic E-state index is -0.981. The summed E-state index contributed by atoms with van der Waals surface area (Å²) in [5.41, 5.74) is 0.558. The smallest absolute Gasteiger partial charge is 0.327 e. The standard InChI is InChI=1S/C9H10O2.C3H4O2/c1-7(10)9(11)8-5-3-2-4-6-8;1-2-3(4)5/h2-7,10H,1H3;2H,1H2,(H,4,5). The molecular formula is C12H14O4. The molecule has 0 amide bonds. The maximum Gasteiger partial charge on any atom is 0.327 e. The van der Waals surface area contributed by atoms with Gasteiger partial charge < -0.3 is 10.2 Å². The highest BCUT2D eigenvalue weighted by atomic mass is 16.4. The third-order valence-electron chi connectivity index (χ3n) is 1.61. The second kappa shape index (κ2) is 7.36. The van der Waals surface area contributed by atoms with Crippen molar-refractivity contribution in [1.82, 2.24) is 0 Å². The van der Waals surface area contributed by atoms with Gasteiger partial charge in [0, 0.05) is 11.6 Å². The van der Waals surface area contributed by atoms with Gasteiger partial charge in [-0.2, -0.15) is 0 Å². The summed E-state index contributed by atoms with van der Waals surface area (Å²) in [4.78, 5) is 20.3. The van der Waals surface area contributed by atoms with E-state index >= 15 is 0 Å². The van der Waals surface area contributed by atoms with Crippen LogP contribution in [-0.2, 0) is 4.79 Å². The van der Waals surface area contributed by atoms with Gasteiger partial charge in [-0.15, -0.1) is 0 Å². The van der Waals surface area contributed by atoms with E-state index in [1.54, 1.807) is 24.3 Å². The molecule has 4 nitrogen and oxygen atoms in total. The van der Waals surface area contributed by atoms with Gasteiger partial charge in [0.05, 0.1) is 0 Å². The summed E-state index contributed by atoms with van der Waals surface area (Å²) in [5.74, 6) is -1.21. The molecule has 1 atom stereocenters. The van der Waals surface area contributed by atoms with Crippen molar-refractivity contribution in [3.8, 4) is 0 Å². The first kappa shape index (κ1) is 14.1. The quantitative estimate of drug-likeness (QED) is 0.600. The Labute approximate surface area is 93.8 Å². The van der Waals surface area contributed by atoms with Crippen LogP contribution in [0, 0.1) is 0 Å². The van der Waals surface area contributed by atoms with Gasteiger partial charge in [-0.05, 0) is 6.92 Å². The number of hydrogen-bond acceptors (Lipinski definition) is 3. The first-order valence-corrected chi connectivity index (χ1v) is 4.61. The van der Waals surface area contributed by atoms with Gasteiger partial charge in [-0.25, -0.2) is 4.79 Å². The molecule has 0 aliphatic rings. The topological polar surface area (TPSA) is 74.6 Å². The number of benzene rings is 1. The highest BCUT2D eigenvalue weighted by Crippen LogP contribution is 2.02. The Balaban J connectivity index is 0.000000385. The van der Waals surface area contributed by atoms with Gasteiger partial charge in [-0.3, -0.25) is 4.79 Å². The summed E-state index contributed by atoms with van der Waals surface area (Å²) >= 11 is 0. The summed E-state index contributed by atoms with van der Waals surface area (Å²) in [7, 11) is 0. The second-order valence-electron chi connectivity index (χ2n) is 2.95. The molecule has 1 aromatic carbocycles. The third-order valence-corrected chi connectivity index (χ3v) is 1.61. The number of carbonyl (C=O) groups is 2. The van der Waals surface area contributed by atoms with Crippen molar-refractivity contribution in [3.05, 3.63) is 48.6 Å². The van der Waals surface area contributed by atoms with Gasteiger partial charge >= 0.3 is 5.97 Å². The largest absolute Gasteiger partial charge is 0.478 e. The number of carboxylic acids is 1. The van der Waals surface area contributed by atoms with E-state index in [0.717, 1.165) is 6.08 Å². The van der Waals surface area contributed by atoms with E-state index in [9.17, 15) is 9.59 Å². The average molecular weight is 222 g/mol. The first-order valence-electron chi connectivity index (χ1n) is 4.61. The molecule has 0 heterocycles. The predicted octanol–water partition coefficient (Wildman–Crippen LogP) is 1.51. The number of Topliss-reactive ketones (excluding diaryl/α,β-unsaturated/α-hetero) is 1. The Morgan fingerprint density at radius 1 is 1.31 bits per heavy atom. The van der Waals surface area contributed by atoms with E-state index in [4.69, 9.17) is 10.2 Å². The number of hydrogen-bond donors (Lipinski definition) is 2. The molecule has 0 bridgehead atoms. The minimum Gasteiger partial charge on any atom is -0.478 e. The normalized spacial score (nSPS) is 10.6. The number of rotatable bonds is 3. The van der Waals surface area contributed by atoms with Crippen molar-refractivity contribution in [2.75, 3.05) is 0 Å². The summed E-state index contributed by atoms with van der Waals surface area (Å²) < 4.78 is 0. The SMILES string of the molecule is C=CC(=O)O.CC(O)C(=O)c1ccccc1. The summed E-state index contributed by atoms with van der Waals surface area (Å²) in [5, 5.41) is 16.5. The lowest BCUT2D eigenvalue weighted by Gasteiger charge is -2.01. The van der Waals surface area contributed by atoms with Crippen LogP contribution >= 0.6 is 0 Å². The fraction of sp³-hybridized carbons (Fsp3) is 0.167. The molecule has 0 fully saturated rings. The highest BCUT2D eigenvalue weighted by molar-refractivity contribution is 5.98. The van der Waals surface area contributed by atoms with Crippen LogP contribution < -0.4 is 0 Å². The number of carboxylic acid groups (broad SMARTS) is 1. The van der Waals surface area contributed by atoms with Crippen LogP contribution in [0.1, 0.15) is 17.3 Å². The number of aliphatic hydroxyl groups is 1. The third kappa shape index (κ3) is 5.72. The zero-order chi connectivity index (χ0) is 12.6. The molecule has 1 aromatic rings. The van der Waals surface area contributed by atoms with Crippen LogP contribution in [0.5, 0.6) is 0 Å². The van der Waals surface area contributed by atoms with E-state index in [2.05, 4.69) is 6.58 Å². The van der Waals surface area contributed by atoms with E-state index in [-0.39, 0.29) is 5.78 Å². The Bertz CT molecular complexity index is 355. The maximum absolute atomic E-state index is 11.1. The Morgan fingerprint density at radius 3 is 2.06 bits per heavy atom. The molecule has 0 aromatic heterocycles. The second-order valence-corrected chi connectivity index (χ2v) is 2.95. The highest BCUT2D eigenvalue weighted by Gasteiger charge is 2.09. The summed E-state index contributed by atoms with van der Waals surface area (Å²) in [6, 6.07) is 8.76. The average Bonchev–Trinajstić information content (AvgIpc) is 2.29. The maximum atomic E-state index is 11.1. The lowest BCUT2D eigenvalue weighted by atomic mass is 10.1. The van der Waals surface area contributed by atoms with Gasteiger partial charge in [-0.1, -0.05) is 36.9 Å². The van der Waals surface area contributed by atoms with E-state index in [1.807, 2.05) is 6.07 Å². The number of ketones is 1. The Kier molecular flexibility index (Phi) is 6.47. The van der Waals surface area contributed by atoms with Gasteiger partial charge in [0.1, 0.15) is 6.10 Å². The number of aliphatic hydroxyl groups excluding tert-OH is 1. The van der Waals surface area contributed by atoms with Crippen molar-refractivity contribution in [2.45, 2.75) is 13.0 Å². The molecular weight excluding hydrogens is 208 g/mol. The number of carbonyl (C=O) groups excluding carboxylic acids is 1. The van der Waals surface area contributed by atoms with Gasteiger partial charge in [0.15, 0.2) is 5.78 Å². The zero-order valence-corrected chi connectivity index (χ0v) is 8.96. The molecule has 2 N–H and O–H groups in total. The van der Waals surface area contributed by atoms with Gasteiger partial charge in [0.2, 0.25) is 0 Å². The van der Waals surface area contributed by atoms with E-state index < -0.39 is 12.1 Å². The first-order chi connectivity index (χ1) is 7.49. The van der Waals surface area contributed by atoms with Gasteiger partial charge in [0.25, 0.3) is 0 Å². The van der Waals surface area contributed by atoms with Crippen molar-refractivity contribution in [3.63, 3.8) is 0 Å². The predicted molar refractivity (Wildman–Crippen MR) is 60.3 cm³/mol. The molecule has 0 saturated heterocycles. The molecule has 86 valence electrons. The molecule has 0 spiro atoms. The van der Waals surface area contributed by atoms with Crippen LogP contribution in [0.3, 0.4) is 0 Å². The van der Waals surface area contributed by atoms with Crippen LogP contribution in [0.2, 0.25) is 0 Å². The Morgan fingerprint density at radius 2 is 1.75 bits per heavy atom. The molecule has 1 rings (SSSR count). The Hall–Kier alpha value is -1.94. The van der Waals surface area contributed by atoms with Crippen LogP contribution in [0.25, 0.3) is 0 Å². The minimum absolute atomic E-state index is 0.231. The van der Waals surface area contributed by atoms with Crippen LogP contribution in [0.15, 0.2) is 43.0 Å². The van der Waals surface area contributed by atoms with Crippen molar-refractivity contribution < 1.29 is 19.8 Å². The van der Waals surface area contributed by atoms with Crippen molar-refractivity contribution in [2.24, 2.45) is 0 Å². The van der Waals surface area contributed by atoms with Crippen molar-refractivity contribution in [1.29, 1.82) is 0 Å². The molecule has 0 aliphatic heterocycles.